The molecule has 0 amide bonds. The number of aryl methyl sites for hydroxylation is 1. The van der Waals surface area contributed by atoms with Crippen LogP contribution in [-0.2, 0) is 15.8 Å². The first kappa shape index (κ1) is 27.7. The zero-order chi connectivity index (χ0) is 27.3. The van der Waals surface area contributed by atoms with Crippen molar-refractivity contribution in [1.29, 1.82) is 0 Å². The van der Waals surface area contributed by atoms with Crippen molar-refractivity contribution in [2.24, 2.45) is 5.92 Å². The number of aromatic nitrogens is 2. The highest BCUT2D eigenvalue weighted by Crippen LogP contribution is 2.37. The number of methoxy groups -OCH3 is 1. The number of hydrogen-bond donors (Lipinski definition) is 2. The summed E-state index contributed by atoms with van der Waals surface area (Å²) < 4.78 is 51.3. The van der Waals surface area contributed by atoms with Gasteiger partial charge < -0.3 is 25.3 Å². The Hall–Kier alpha value is -3.89. The summed E-state index contributed by atoms with van der Waals surface area (Å²) in [5.74, 6) is 0.747. The number of fused-ring (bicyclic) bond motifs is 1. The fourth-order valence-corrected chi connectivity index (χ4v) is 3.81. The van der Waals surface area contributed by atoms with Crippen LogP contribution >= 0.6 is 0 Å². The Morgan fingerprint density at radius 3 is 2.54 bits per heavy atom. The number of rotatable bonds is 11. The third-order valence-corrected chi connectivity index (χ3v) is 5.77. The summed E-state index contributed by atoms with van der Waals surface area (Å²) in [6.45, 7) is 5.01. The maximum absolute atomic E-state index is 13.3. The number of halogens is 3. The molecule has 11 heteroatoms. The topological polar surface area (TPSA) is 116 Å². The average Bonchev–Trinajstić information content (AvgIpc) is 2.84. The number of Topliss-reactive ketones (excluding diaryl/α,β-unsaturated/α-hetero) is 1. The van der Waals surface area contributed by atoms with Crippen LogP contribution in [0.5, 0.6) is 11.5 Å². The molecule has 198 valence electrons. The molecule has 0 fully saturated rings. The molecule has 0 spiro atoms. The van der Waals surface area contributed by atoms with Crippen molar-refractivity contribution in [3.8, 4) is 11.5 Å². The van der Waals surface area contributed by atoms with Crippen LogP contribution in [0.3, 0.4) is 0 Å². The van der Waals surface area contributed by atoms with Crippen LogP contribution in [-0.4, -0.2) is 35.8 Å². The molecular formula is C26H29F3N4O4. The molecule has 0 radical (unpaired) electrons. The van der Waals surface area contributed by atoms with E-state index in [0.717, 1.165) is 12.1 Å². The van der Waals surface area contributed by atoms with Crippen molar-refractivity contribution >= 4 is 34.5 Å². The molecule has 3 aromatic rings. The lowest BCUT2D eigenvalue weighted by Gasteiger charge is -2.21. The lowest BCUT2D eigenvalue weighted by molar-refractivity contribution is -0.137. The number of alkyl halides is 3. The molecule has 8 nitrogen and oxygen atoms in total. The number of ketones is 1. The number of nitrogens with one attached hydrogen (secondary N) is 1. The second-order valence-corrected chi connectivity index (χ2v) is 8.69. The number of nitrogens with zero attached hydrogens (tertiary/aromatic N) is 2. The number of benzene rings is 2. The third-order valence-electron chi connectivity index (χ3n) is 5.77. The summed E-state index contributed by atoms with van der Waals surface area (Å²) in [7, 11) is 1.48. The molecule has 2 atom stereocenters. The van der Waals surface area contributed by atoms with E-state index in [4.69, 9.17) is 15.2 Å². The monoisotopic (exact) mass is 518 g/mol. The van der Waals surface area contributed by atoms with Gasteiger partial charge in [-0.2, -0.15) is 13.2 Å². The van der Waals surface area contributed by atoms with Crippen LogP contribution in [0, 0.1) is 12.8 Å². The van der Waals surface area contributed by atoms with E-state index in [1.807, 2.05) is 0 Å². The van der Waals surface area contributed by atoms with Gasteiger partial charge in [0.25, 0.3) is 0 Å². The minimum atomic E-state index is -4.55. The molecule has 0 aliphatic carbocycles. The second-order valence-electron chi connectivity index (χ2n) is 8.69. The van der Waals surface area contributed by atoms with Crippen molar-refractivity contribution in [2.45, 2.75) is 45.8 Å². The largest absolute Gasteiger partial charge is 0.497 e. The molecule has 1 heterocycles. The summed E-state index contributed by atoms with van der Waals surface area (Å²) >= 11 is 0. The molecule has 0 saturated heterocycles. The van der Waals surface area contributed by atoms with Crippen LogP contribution in [0.1, 0.15) is 49.7 Å². The molecule has 37 heavy (non-hydrogen) atoms. The fraction of sp³-hybridized carbons (Fsp3) is 0.385. The number of hydrogen-bond acceptors (Lipinski definition) is 8. The van der Waals surface area contributed by atoms with Crippen molar-refractivity contribution in [3.05, 3.63) is 47.3 Å². The Morgan fingerprint density at radius 2 is 1.92 bits per heavy atom. The van der Waals surface area contributed by atoms with E-state index in [1.54, 1.807) is 32.9 Å². The van der Waals surface area contributed by atoms with E-state index in [9.17, 15) is 22.8 Å². The summed E-state index contributed by atoms with van der Waals surface area (Å²) in [4.78, 5) is 32.3. The highest BCUT2D eigenvalue weighted by molar-refractivity contribution is 5.96. The third kappa shape index (κ3) is 6.87. The Labute approximate surface area is 212 Å². The molecule has 1 aromatic heterocycles. The van der Waals surface area contributed by atoms with Gasteiger partial charge in [-0.3, -0.25) is 4.79 Å². The van der Waals surface area contributed by atoms with Crippen molar-refractivity contribution in [2.75, 3.05) is 24.8 Å². The van der Waals surface area contributed by atoms with Gasteiger partial charge in [0.1, 0.15) is 35.2 Å². The lowest BCUT2D eigenvalue weighted by atomic mass is 10.0. The predicted octanol–water partition coefficient (Wildman–Crippen LogP) is 5.28. The van der Waals surface area contributed by atoms with E-state index >= 15 is 0 Å². The molecule has 0 aliphatic heterocycles. The van der Waals surface area contributed by atoms with E-state index < -0.39 is 23.7 Å². The van der Waals surface area contributed by atoms with Crippen molar-refractivity contribution in [3.63, 3.8) is 0 Å². The van der Waals surface area contributed by atoms with Gasteiger partial charge in [0.15, 0.2) is 0 Å². The van der Waals surface area contributed by atoms with Crippen LogP contribution < -0.4 is 20.5 Å². The highest BCUT2D eigenvalue weighted by Gasteiger charge is 2.31. The zero-order valence-corrected chi connectivity index (χ0v) is 21.0. The molecule has 0 aliphatic rings. The highest BCUT2D eigenvalue weighted by atomic mass is 19.4. The number of ether oxygens (including phenoxy) is 2. The molecule has 3 N–H and O–H groups in total. The number of nitrogen functional groups attached to an aromatic ring is 1. The van der Waals surface area contributed by atoms with Gasteiger partial charge >= 0.3 is 6.18 Å². The minimum absolute atomic E-state index is 0.0162. The number of carbonyl (C=O) groups excluding carboxylic acids is 2. The average molecular weight is 519 g/mol. The van der Waals surface area contributed by atoms with Gasteiger partial charge in [0.05, 0.1) is 42.1 Å². The minimum Gasteiger partial charge on any atom is -0.497 e. The Balaban J connectivity index is 2.02. The predicted molar refractivity (Wildman–Crippen MR) is 134 cm³/mol. The first-order valence-electron chi connectivity index (χ1n) is 11.7. The van der Waals surface area contributed by atoms with Crippen molar-refractivity contribution in [1.82, 2.24) is 9.97 Å². The van der Waals surface area contributed by atoms with Gasteiger partial charge in [-0.15, -0.1) is 0 Å². The number of nitrogens with two attached hydrogens (primary N) is 1. The molecule has 2 aromatic carbocycles. The first-order valence-corrected chi connectivity index (χ1v) is 11.7. The maximum Gasteiger partial charge on any atom is 0.416 e. The van der Waals surface area contributed by atoms with E-state index in [-0.39, 0.29) is 24.5 Å². The smallest absolute Gasteiger partial charge is 0.416 e. The molecule has 3 rings (SSSR count). The van der Waals surface area contributed by atoms with Gasteiger partial charge in [0.2, 0.25) is 0 Å². The van der Waals surface area contributed by atoms with Gasteiger partial charge in [0, 0.05) is 30.7 Å². The van der Waals surface area contributed by atoms with Crippen LogP contribution in [0.4, 0.5) is 24.7 Å². The quantitative estimate of drug-likeness (QED) is 0.260. The van der Waals surface area contributed by atoms with Crippen LogP contribution in [0.15, 0.2) is 30.3 Å². The molecule has 0 unspecified atom stereocenters. The van der Waals surface area contributed by atoms with Gasteiger partial charge in [-0.05, 0) is 37.6 Å². The maximum atomic E-state index is 13.3. The Morgan fingerprint density at radius 1 is 1.19 bits per heavy atom. The first-order chi connectivity index (χ1) is 17.4. The van der Waals surface area contributed by atoms with Gasteiger partial charge in [-0.25, -0.2) is 9.97 Å². The number of aldehydes is 1. The lowest BCUT2D eigenvalue weighted by Crippen LogP contribution is -2.18. The second kappa shape index (κ2) is 11.4. The van der Waals surface area contributed by atoms with Gasteiger partial charge in [-0.1, -0.05) is 6.92 Å². The van der Waals surface area contributed by atoms with E-state index in [1.165, 1.54) is 13.2 Å². The summed E-state index contributed by atoms with van der Waals surface area (Å²) in [6, 6.07) is 6.02. The van der Waals surface area contributed by atoms with Crippen LogP contribution in [0.2, 0.25) is 0 Å². The Kier molecular flexibility index (Phi) is 8.57. The van der Waals surface area contributed by atoms with Crippen molar-refractivity contribution < 1.29 is 32.2 Å². The normalized spacial score (nSPS) is 13.2. The fourth-order valence-electron chi connectivity index (χ4n) is 3.81. The summed E-state index contributed by atoms with van der Waals surface area (Å²) in [5.41, 5.74) is 5.65. The molecule has 0 saturated carbocycles. The van der Waals surface area contributed by atoms with Crippen LogP contribution in [0.25, 0.3) is 10.9 Å². The molecule has 0 bridgehead atoms. The standard InChI is InChI=1S/C26H29F3N4O4/c1-5-20(35)6-16(12-34)13-37-23-11-21(36-4)10-22-24(23)25(33-15(3)32-22)31-14(2)17-7-18(26(27,28)29)9-19(30)8-17/h7-12,14,16H,5-6,13,30H2,1-4H3,(H,31,32,33)/t14-,16-/m1/s1. The summed E-state index contributed by atoms with van der Waals surface area (Å²) in [5, 5.41) is 3.60. The molecular weight excluding hydrogens is 489 g/mol. The zero-order valence-electron chi connectivity index (χ0n) is 21.0. The Bertz CT molecular complexity index is 1300. The van der Waals surface area contributed by atoms with E-state index in [0.29, 0.717) is 52.3 Å². The number of carbonyl (C=O) groups is 2. The van der Waals surface area contributed by atoms with E-state index in [2.05, 4.69) is 15.3 Å². The number of anilines is 2. The summed E-state index contributed by atoms with van der Waals surface area (Å²) in [6.07, 6.45) is -3.51. The SMILES string of the molecule is CCC(=O)C[C@H](C=O)COc1cc(OC)cc2nc(C)nc(N[C@H](C)c3cc(N)cc(C(F)(F)F)c3)c12.